The Balaban J connectivity index is 1.58. The SMILES string of the molecule is CN(C)C1(CNC(=O)C=Cc2cnn(-c3ccccc3)c2)CCCCCC1. The zero-order chi connectivity index (χ0) is 19.1. The van der Waals surface area contributed by atoms with Gasteiger partial charge in [-0.25, -0.2) is 4.68 Å². The Morgan fingerprint density at radius 3 is 2.56 bits per heavy atom. The van der Waals surface area contributed by atoms with Gasteiger partial charge >= 0.3 is 0 Å². The Morgan fingerprint density at radius 2 is 1.89 bits per heavy atom. The lowest BCUT2D eigenvalue weighted by atomic mass is 9.88. The van der Waals surface area contributed by atoms with Gasteiger partial charge in [-0.05, 0) is 45.1 Å². The van der Waals surface area contributed by atoms with Gasteiger partial charge in [0, 0.05) is 29.9 Å². The number of benzene rings is 1. The average molecular weight is 367 g/mol. The number of para-hydroxylation sites is 1. The van der Waals surface area contributed by atoms with E-state index >= 15 is 0 Å². The predicted octanol–water partition coefficient (Wildman–Crippen LogP) is 3.66. The lowest BCUT2D eigenvalue weighted by Crippen LogP contribution is -2.52. The van der Waals surface area contributed by atoms with Crippen molar-refractivity contribution in [2.75, 3.05) is 20.6 Å². The smallest absolute Gasteiger partial charge is 0.244 e. The van der Waals surface area contributed by atoms with Gasteiger partial charge in [-0.15, -0.1) is 0 Å². The van der Waals surface area contributed by atoms with Crippen LogP contribution in [0.4, 0.5) is 0 Å². The van der Waals surface area contributed by atoms with E-state index in [0.29, 0.717) is 6.54 Å². The zero-order valence-electron chi connectivity index (χ0n) is 16.4. The van der Waals surface area contributed by atoms with Crippen LogP contribution in [0.15, 0.2) is 48.8 Å². The fraction of sp³-hybridized carbons (Fsp3) is 0.455. The molecule has 0 bridgehead atoms. The van der Waals surface area contributed by atoms with Gasteiger partial charge in [0.2, 0.25) is 5.91 Å². The summed E-state index contributed by atoms with van der Waals surface area (Å²) in [6.07, 6.45) is 14.5. The van der Waals surface area contributed by atoms with Crippen molar-refractivity contribution < 1.29 is 4.79 Å². The van der Waals surface area contributed by atoms with Gasteiger partial charge < -0.3 is 10.2 Å². The van der Waals surface area contributed by atoms with E-state index in [9.17, 15) is 4.79 Å². The fourth-order valence-electron chi connectivity index (χ4n) is 3.80. The molecule has 0 radical (unpaired) electrons. The topological polar surface area (TPSA) is 50.2 Å². The summed E-state index contributed by atoms with van der Waals surface area (Å²) in [5.74, 6) is -0.0482. The summed E-state index contributed by atoms with van der Waals surface area (Å²) < 4.78 is 1.81. The number of nitrogens with zero attached hydrogens (tertiary/aromatic N) is 3. The summed E-state index contributed by atoms with van der Waals surface area (Å²) in [6.45, 7) is 0.701. The molecule has 1 aliphatic rings. The van der Waals surface area contributed by atoms with Crippen LogP contribution < -0.4 is 5.32 Å². The summed E-state index contributed by atoms with van der Waals surface area (Å²) in [6, 6.07) is 9.94. The summed E-state index contributed by atoms with van der Waals surface area (Å²) in [5, 5.41) is 7.47. The fourth-order valence-corrected chi connectivity index (χ4v) is 3.80. The quantitative estimate of drug-likeness (QED) is 0.627. The van der Waals surface area contributed by atoms with Gasteiger partial charge in [0.05, 0.1) is 11.9 Å². The predicted molar refractivity (Wildman–Crippen MR) is 110 cm³/mol. The van der Waals surface area contributed by atoms with E-state index in [1.807, 2.05) is 47.3 Å². The molecule has 5 nitrogen and oxygen atoms in total. The van der Waals surface area contributed by atoms with E-state index in [1.54, 1.807) is 12.3 Å². The van der Waals surface area contributed by atoms with Crippen molar-refractivity contribution in [3.63, 3.8) is 0 Å². The molecule has 144 valence electrons. The molecule has 0 saturated heterocycles. The van der Waals surface area contributed by atoms with Crippen LogP contribution in [0, 0.1) is 0 Å². The van der Waals surface area contributed by atoms with Gasteiger partial charge in [0.15, 0.2) is 0 Å². The molecule has 5 heteroatoms. The van der Waals surface area contributed by atoms with Gasteiger partial charge in [-0.3, -0.25) is 4.79 Å². The number of hydrogen-bond acceptors (Lipinski definition) is 3. The third-order valence-electron chi connectivity index (χ3n) is 5.63. The first-order valence-electron chi connectivity index (χ1n) is 9.83. The average Bonchev–Trinajstić information content (AvgIpc) is 3.02. The second-order valence-electron chi connectivity index (χ2n) is 7.64. The Hall–Kier alpha value is -2.40. The highest BCUT2D eigenvalue weighted by molar-refractivity contribution is 5.91. The Bertz CT molecular complexity index is 756. The molecule has 27 heavy (non-hydrogen) atoms. The first-order chi connectivity index (χ1) is 13.1. The second kappa shape index (κ2) is 9.00. The standard InChI is InChI=1S/C22H30N4O/c1-25(2)22(14-8-3-4-9-15-22)18-23-21(27)13-12-19-16-24-26(17-19)20-10-6-5-7-11-20/h5-7,10-13,16-17H,3-4,8-9,14-15,18H2,1-2H3,(H,23,27). The molecular formula is C22H30N4O. The minimum absolute atomic E-state index is 0.0482. The van der Waals surface area contributed by atoms with E-state index in [2.05, 4.69) is 29.4 Å². The molecule has 1 N–H and O–H groups in total. The van der Waals surface area contributed by atoms with Crippen molar-refractivity contribution in [1.29, 1.82) is 0 Å². The van der Waals surface area contributed by atoms with Crippen molar-refractivity contribution in [2.45, 2.75) is 44.1 Å². The third-order valence-corrected chi connectivity index (χ3v) is 5.63. The first kappa shape index (κ1) is 19.4. The maximum atomic E-state index is 12.3. The maximum absolute atomic E-state index is 12.3. The monoisotopic (exact) mass is 366 g/mol. The van der Waals surface area contributed by atoms with Gasteiger partial charge in [-0.1, -0.05) is 43.9 Å². The molecule has 1 amide bonds. The van der Waals surface area contributed by atoms with Crippen LogP contribution in [0.2, 0.25) is 0 Å². The lowest BCUT2D eigenvalue weighted by molar-refractivity contribution is -0.117. The van der Waals surface area contributed by atoms with Crippen molar-refractivity contribution in [3.8, 4) is 5.69 Å². The molecule has 0 spiro atoms. The Labute approximate surface area is 162 Å². The highest BCUT2D eigenvalue weighted by Gasteiger charge is 2.33. The lowest BCUT2D eigenvalue weighted by Gasteiger charge is -2.39. The minimum atomic E-state index is -0.0482. The number of hydrogen-bond donors (Lipinski definition) is 1. The number of nitrogens with one attached hydrogen (secondary N) is 1. The van der Waals surface area contributed by atoms with Crippen LogP contribution in [-0.4, -0.2) is 46.8 Å². The normalized spacial score (nSPS) is 17.1. The molecule has 0 unspecified atom stereocenters. The van der Waals surface area contributed by atoms with Crippen molar-refractivity contribution >= 4 is 12.0 Å². The molecule has 1 saturated carbocycles. The summed E-state index contributed by atoms with van der Waals surface area (Å²) in [7, 11) is 4.26. The first-order valence-corrected chi connectivity index (χ1v) is 9.83. The summed E-state index contributed by atoms with van der Waals surface area (Å²) >= 11 is 0. The molecule has 1 fully saturated rings. The molecule has 1 aromatic heterocycles. The number of carbonyl (C=O) groups excluding carboxylic acids is 1. The zero-order valence-corrected chi connectivity index (χ0v) is 16.4. The highest BCUT2D eigenvalue weighted by atomic mass is 16.1. The largest absolute Gasteiger partial charge is 0.351 e. The molecule has 0 atom stereocenters. The number of amides is 1. The van der Waals surface area contributed by atoms with Gasteiger partial charge in [0.1, 0.15) is 0 Å². The molecule has 3 rings (SSSR count). The number of likely N-dealkylation sites (N-methyl/N-ethyl adjacent to an activating group) is 1. The Morgan fingerprint density at radius 1 is 1.19 bits per heavy atom. The van der Waals surface area contributed by atoms with Crippen LogP contribution in [0.1, 0.15) is 44.1 Å². The van der Waals surface area contributed by atoms with E-state index in [1.165, 1.54) is 25.7 Å². The van der Waals surface area contributed by atoms with E-state index in [0.717, 1.165) is 24.1 Å². The summed E-state index contributed by atoms with van der Waals surface area (Å²) in [4.78, 5) is 14.6. The van der Waals surface area contributed by atoms with Crippen molar-refractivity contribution in [1.82, 2.24) is 20.0 Å². The van der Waals surface area contributed by atoms with Crippen LogP contribution >= 0.6 is 0 Å². The van der Waals surface area contributed by atoms with E-state index in [-0.39, 0.29) is 11.4 Å². The number of aromatic nitrogens is 2. The number of rotatable bonds is 6. The second-order valence-corrected chi connectivity index (χ2v) is 7.64. The number of carbonyl (C=O) groups is 1. The van der Waals surface area contributed by atoms with E-state index < -0.39 is 0 Å². The minimum Gasteiger partial charge on any atom is -0.351 e. The summed E-state index contributed by atoms with van der Waals surface area (Å²) in [5.41, 5.74) is 1.99. The van der Waals surface area contributed by atoms with E-state index in [4.69, 9.17) is 0 Å². The highest BCUT2D eigenvalue weighted by Crippen LogP contribution is 2.30. The van der Waals surface area contributed by atoms with Crippen LogP contribution in [-0.2, 0) is 4.79 Å². The molecule has 1 heterocycles. The Kier molecular flexibility index (Phi) is 6.45. The molecule has 1 aliphatic carbocycles. The van der Waals surface area contributed by atoms with Crippen LogP contribution in [0.3, 0.4) is 0 Å². The van der Waals surface area contributed by atoms with Crippen molar-refractivity contribution in [3.05, 3.63) is 54.4 Å². The third kappa shape index (κ3) is 5.07. The van der Waals surface area contributed by atoms with Crippen LogP contribution in [0.25, 0.3) is 11.8 Å². The molecular weight excluding hydrogens is 336 g/mol. The molecule has 2 aromatic rings. The maximum Gasteiger partial charge on any atom is 0.244 e. The van der Waals surface area contributed by atoms with Gasteiger partial charge in [0.25, 0.3) is 0 Å². The van der Waals surface area contributed by atoms with Gasteiger partial charge in [-0.2, -0.15) is 5.10 Å². The van der Waals surface area contributed by atoms with Crippen molar-refractivity contribution in [2.24, 2.45) is 0 Å². The molecule has 0 aliphatic heterocycles. The van der Waals surface area contributed by atoms with Crippen LogP contribution in [0.5, 0.6) is 0 Å². The molecule has 1 aromatic carbocycles.